The second-order valence-corrected chi connectivity index (χ2v) is 9.61. The van der Waals surface area contributed by atoms with Gasteiger partial charge in [0, 0.05) is 18.7 Å². The molecule has 1 aromatic heterocycles. The van der Waals surface area contributed by atoms with E-state index in [1.54, 1.807) is 36.4 Å². The fraction of sp³-hybridized carbons (Fsp3) is 0.200. The first-order valence-electron chi connectivity index (χ1n) is 13.4. The van der Waals surface area contributed by atoms with Crippen molar-refractivity contribution in [2.24, 2.45) is 0 Å². The van der Waals surface area contributed by atoms with E-state index in [9.17, 15) is 29.1 Å². The van der Waals surface area contributed by atoms with Gasteiger partial charge in [0.05, 0.1) is 17.6 Å². The van der Waals surface area contributed by atoms with Crippen LogP contribution in [0.1, 0.15) is 27.3 Å². The molecule has 0 fully saturated rings. The highest BCUT2D eigenvalue weighted by molar-refractivity contribution is 5.94. The molecule has 1 heterocycles. The number of carbonyl (C=O) groups excluding carboxylic acids is 3. The van der Waals surface area contributed by atoms with Gasteiger partial charge in [-0.05, 0) is 35.4 Å². The quantitative estimate of drug-likeness (QED) is 0.133. The summed E-state index contributed by atoms with van der Waals surface area (Å²) < 4.78 is 5.05. The number of nitrogens with one attached hydrogen (secondary N) is 4. The summed E-state index contributed by atoms with van der Waals surface area (Å²) in [6.07, 6.45) is -0.945. The lowest BCUT2D eigenvalue weighted by Crippen LogP contribution is -2.48. The number of para-hydroxylation sites is 2. The predicted octanol–water partition coefficient (Wildman–Crippen LogP) is 2.47. The average Bonchev–Trinajstić information content (AvgIpc) is 3.43. The molecule has 0 unspecified atom stereocenters. The Balaban J connectivity index is 1.34. The maximum Gasteiger partial charge on any atom is 0.408 e. The first kappa shape index (κ1) is 31.0. The van der Waals surface area contributed by atoms with Crippen LogP contribution in [0.3, 0.4) is 0 Å². The number of fused-ring (bicyclic) bond motifs is 1. The van der Waals surface area contributed by atoms with E-state index in [-0.39, 0.29) is 25.3 Å². The van der Waals surface area contributed by atoms with Crippen molar-refractivity contribution in [2.45, 2.75) is 25.7 Å². The van der Waals surface area contributed by atoms with Crippen molar-refractivity contribution < 1.29 is 38.9 Å². The molecule has 44 heavy (non-hydrogen) atoms. The molecule has 3 aromatic carbocycles. The topological polar surface area (TPSA) is 203 Å². The molecule has 228 valence electrons. The summed E-state index contributed by atoms with van der Waals surface area (Å²) >= 11 is 0. The summed E-state index contributed by atoms with van der Waals surface area (Å²) in [5.74, 6) is -2.64. The number of hydrogen-bond acceptors (Lipinski definition) is 7. The summed E-state index contributed by atoms with van der Waals surface area (Å²) in [4.78, 5) is 69.2. The molecular formula is C30H30N6O8. The first-order chi connectivity index (χ1) is 21.2. The van der Waals surface area contributed by atoms with E-state index < -0.39 is 49.1 Å². The second-order valence-electron chi connectivity index (χ2n) is 9.61. The number of carbonyl (C=O) groups is 5. The van der Waals surface area contributed by atoms with E-state index >= 15 is 0 Å². The molecule has 14 nitrogen and oxygen atoms in total. The Hall–Kier alpha value is -5.92. The smallest absolute Gasteiger partial charge is 0.408 e. The van der Waals surface area contributed by atoms with Gasteiger partial charge in [-0.15, -0.1) is 0 Å². The molecule has 0 aliphatic heterocycles. The Kier molecular flexibility index (Phi) is 10.4. The van der Waals surface area contributed by atoms with Crippen molar-refractivity contribution in [1.82, 2.24) is 30.8 Å². The lowest BCUT2D eigenvalue weighted by molar-refractivity contribution is -0.139. The SMILES string of the molecule is O=C(O)CNC(=O)N(Cc1ccc(C(=O)NC[C@H](NC(=O)OCc2ccccc2)C(=O)O)cc1)Cc1nc2ccccc2[nH]1. The molecule has 0 aliphatic carbocycles. The summed E-state index contributed by atoms with van der Waals surface area (Å²) in [7, 11) is 0. The van der Waals surface area contributed by atoms with Crippen LogP contribution in [0.25, 0.3) is 11.0 Å². The Morgan fingerprint density at radius 1 is 0.841 bits per heavy atom. The first-order valence-corrected chi connectivity index (χ1v) is 13.4. The van der Waals surface area contributed by atoms with Gasteiger partial charge in [0.15, 0.2) is 0 Å². The van der Waals surface area contributed by atoms with Crippen LogP contribution in [-0.4, -0.2) is 74.2 Å². The highest BCUT2D eigenvalue weighted by Crippen LogP contribution is 2.15. The van der Waals surface area contributed by atoms with E-state index in [0.717, 1.165) is 11.1 Å². The van der Waals surface area contributed by atoms with Crippen molar-refractivity contribution in [1.29, 1.82) is 0 Å². The van der Waals surface area contributed by atoms with Crippen LogP contribution in [0.15, 0.2) is 78.9 Å². The maximum atomic E-state index is 12.8. The van der Waals surface area contributed by atoms with Crippen LogP contribution in [0.5, 0.6) is 0 Å². The lowest BCUT2D eigenvalue weighted by atomic mass is 10.1. The minimum absolute atomic E-state index is 0.0470. The lowest BCUT2D eigenvalue weighted by Gasteiger charge is -2.22. The molecule has 0 saturated heterocycles. The van der Waals surface area contributed by atoms with Crippen molar-refractivity contribution in [2.75, 3.05) is 13.1 Å². The third kappa shape index (κ3) is 9.04. The molecule has 14 heteroatoms. The average molecular weight is 603 g/mol. The summed E-state index contributed by atoms with van der Waals surface area (Å²) in [5.41, 5.74) is 3.07. The molecule has 0 saturated carbocycles. The standard InChI is InChI=1S/C30H30N6O8/c37-26(38)15-32-29(42)36(17-25-33-22-8-4-5-9-23(22)34-25)16-19-10-12-21(13-11-19)27(39)31-14-24(28(40)41)35-30(43)44-18-20-6-2-1-3-7-20/h1-13,24H,14-18H2,(H,31,39)(H,32,42)(H,33,34)(H,35,43)(H,37,38)(H,40,41)/t24-/m0/s1. The molecule has 0 bridgehead atoms. The molecule has 4 rings (SSSR count). The number of urea groups is 1. The molecule has 0 aliphatic rings. The fourth-order valence-electron chi connectivity index (χ4n) is 4.11. The number of carboxylic acid groups (broad SMARTS) is 2. The Morgan fingerprint density at radius 3 is 2.23 bits per heavy atom. The highest BCUT2D eigenvalue weighted by atomic mass is 16.5. The number of alkyl carbamates (subject to hydrolysis) is 1. The number of aromatic amines is 1. The van der Waals surface area contributed by atoms with E-state index in [2.05, 4.69) is 25.9 Å². The summed E-state index contributed by atoms with van der Waals surface area (Å²) in [5, 5.41) is 25.5. The molecule has 0 spiro atoms. The number of aromatic nitrogens is 2. The zero-order chi connectivity index (χ0) is 31.5. The number of nitrogens with zero attached hydrogens (tertiary/aromatic N) is 2. The van der Waals surface area contributed by atoms with Crippen LogP contribution >= 0.6 is 0 Å². The predicted molar refractivity (Wildman–Crippen MR) is 156 cm³/mol. The van der Waals surface area contributed by atoms with Crippen LogP contribution in [0, 0.1) is 0 Å². The van der Waals surface area contributed by atoms with Crippen LogP contribution in [0.2, 0.25) is 0 Å². The van der Waals surface area contributed by atoms with Gasteiger partial charge in [-0.25, -0.2) is 19.4 Å². The highest BCUT2D eigenvalue weighted by Gasteiger charge is 2.22. The van der Waals surface area contributed by atoms with Gasteiger partial charge < -0.3 is 40.8 Å². The fourth-order valence-corrected chi connectivity index (χ4v) is 4.11. The Labute approximate surface area is 251 Å². The van der Waals surface area contributed by atoms with Gasteiger partial charge in [0.1, 0.15) is 25.0 Å². The molecule has 0 radical (unpaired) electrons. The molecule has 1 atom stereocenters. The summed E-state index contributed by atoms with van der Waals surface area (Å²) in [6.45, 7) is -0.883. The third-order valence-corrected chi connectivity index (χ3v) is 6.32. The number of amides is 4. The van der Waals surface area contributed by atoms with Crippen LogP contribution < -0.4 is 16.0 Å². The number of hydrogen-bond donors (Lipinski definition) is 6. The third-order valence-electron chi connectivity index (χ3n) is 6.32. The van der Waals surface area contributed by atoms with E-state index in [4.69, 9.17) is 9.84 Å². The molecule has 6 N–H and O–H groups in total. The van der Waals surface area contributed by atoms with E-state index in [0.29, 0.717) is 16.9 Å². The monoisotopic (exact) mass is 602 g/mol. The number of carboxylic acids is 2. The zero-order valence-corrected chi connectivity index (χ0v) is 23.4. The second kappa shape index (κ2) is 14.8. The molecule has 4 amide bonds. The number of ether oxygens (including phenoxy) is 1. The van der Waals surface area contributed by atoms with Crippen molar-refractivity contribution >= 4 is 41.0 Å². The number of benzene rings is 3. The van der Waals surface area contributed by atoms with E-state index in [1.807, 2.05) is 30.3 Å². The number of rotatable bonds is 13. The Morgan fingerprint density at radius 2 is 1.55 bits per heavy atom. The normalized spacial score (nSPS) is 11.3. The Bertz CT molecular complexity index is 1590. The molecular weight excluding hydrogens is 572 g/mol. The minimum Gasteiger partial charge on any atom is -0.480 e. The van der Waals surface area contributed by atoms with Crippen molar-refractivity contribution in [3.63, 3.8) is 0 Å². The van der Waals surface area contributed by atoms with Gasteiger partial charge in [-0.3, -0.25) is 9.59 Å². The van der Waals surface area contributed by atoms with Gasteiger partial charge in [-0.1, -0.05) is 54.6 Å². The van der Waals surface area contributed by atoms with E-state index in [1.165, 1.54) is 17.0 Å². The maximum absolute atomic E-state index is 12.8. The van der Waals surface area contributed by atoms with Crippen molar-refractivity contribution in [3.05, 3.63) is 101 Å². The summed E-state index contributed by atoms with van der Waals surface area (Å²) in [6, 6.07) is 20.4. The van der Waals surface area contributed by atoms with Crippen molar-refractivity contribution in [3.8, 4) is 0 Å². The minimum atomic E-state index is -1.43. The van der Waals surface area contributed by atoms with Gasteiger partial charge in [-0.2, -0.15) is 0 Å². The van der Waals surface area contributed by atoms with Gasteiger partial charge in [0.25, 0.3) is 5.91 Å². The van der Waals surface area contributed by atoms with Gasteiger partial charge >= 0.3 is 24.1 Å². The van der Waals surface area contributed by atoms with Crippen LogP contribution in [-0.2, 0) is 34.0 Å². The van der Waals surface area contributed by atoms with Gasteiger partial charge in [0.2, 0.25) is 0 Å². The van der Waals surface area contributed by atoms with Crippen LogP contribution in [0.4, 0.5) is 9.59 Å². The number of imidazole rings is 1. The number of aliphatic carboxylic acids is 2. The zero-order valence-electron chi connectivity index (χ0n) is 23.4. The largest absolute Gasteiger partial charge is 0.480 e. The molecule has 4 aromatic rings. The number of H-pyrrole nitrogens is 1.